The molecular formula is C22H15ClN4O2S. The van der Waals surface area contributed by atoms with Gasteiger partial charge in [0.25, 0.3) is 5.56 Å². The van der Waals surface area contributed by atoms with Crippen molar-refractivity contribution < 1.29 is 4.79 Å². The Bertz CT molecular complexity index is 1370. The van der Waals surface area contributed by atoms with Crippen LogP contribution in [0.15, 0.2) is 59.7 Å². The molecule has 2 aromatic carbocycles. The first-order valence-corrected chi connectivity index (χ1v) is 10.2. The summed E-state index contributed by atoms with van der Waals surface area (Å²) in [7, 11) is 0. The first-order chi connectivity index (χ1) is 14.5. The second-order valence-electron chi connectivity index (χ2n) is 6.63. The molecule has 0 bridgehead atoms. The zero-order chi connectivity index (χ0) is 21.3. The van der Waals surface area contributed by atoms with Crippen molar-refractivity contribution in [2.24, 2.45) is 0 Å². The third-order valence-corrected chi connectivity index (χ3v) is 6.13. The number of nitrogens with one attached hydrogen (secondary N) is 1. The number of hydrogen-bond donors (Lipinski definition) is 1. The van der Waals surface area contributed by atoms with Gasteiger partial charge in [0.05, 0.1) is 23.0 Å². The zero-order valence-corrected chi connectivity index (χ0v) is 17.4. The smallest absolute Gasteiger partial charge is 0.262 e. The quantitative estimate of drug-likeness (QED) is 0.508. The Morgan fingerprint density at radius 2 is 2.03 bits per heavy atom. The standard InChI is InChI=1S/C22H15ClN4O2S/c1-13-19-21(30-20(13)14-5-3-2-4-6-14)25-12-27(22(19)29)11-18(28)26-17-9-16(23)8-7-15(17)10-24/h2-9,12H,11H2,1H3,(H,26,28). The largest absolute Gasteiger partial charge is 0.323 e. The number of anilines is 1. The van der Waals surface area contributed by atoms with E-state index in [1.165, 1.54) is 34.4 Å². The van der Waals surface area contributed by atoms with Crippen LogP contribution in [0.25, 0.3) is 20.7 Å². The van der Waals surface area contributed by atoms with Gasteiger partial charge in [-0.05, 0) is 36.2 Å². The molecule has 0 radical (unpaired) electrons. The van der Waals surface area contributed by atoms with Crippen molar-refractivity contribution in [1.29, 1.82) is 5.26 Å². The maximum Gasteiger partial charge on any atom is 0.262 e. The highest BCUT2D eigenvalue weighted by molar-refractivity contribution is 7.22. The Balaban J connectivity index is 1.66. The Morgan fingerprint density at radius 1 is 1.27 bits per heavy atom. The number of carbonyl (C=O) groups excluding carboxylic acids is 1. The number of amides is 1. The fourth-order valence-electron chi connectivity index (χ4n) is 3.20. The van der Waals surface area contributed by atoms with Crippen LogP contribution in [0, 0.1) is 18.3 Å². The number of thiophene rings is 1. The third-order valence-electron chi connectivity index (χ3n) is 4.64. The maximum atomic E-state index is 13.0. The number of carbonyl (C=O) groups is 1. The minimum atomic E-state index is -0.451. The van der Waals surface area contributed by atoms with E-state index in [0.717, 1.165) is 16.0 Å². The van der Waals surface area contributed by atoms with E-state index in [4.69, 9.17) is 11.6 Å². The molecule has 0 aliphatic heterocycles. The van der Waals surface area contributed by atoms with Crippen LogP contribution >= 0.6 is 22.9 Å². The Morgan fingerprint density at radius 3 is 2.77 bits per heavy atom. The fourth-order valence-corrected chi connectivity index (χ4v) is 4.52. The van der Waals surface area contributed by atoms with Crippen LogP contribution in [0.1, 0.15) is 11.1 Å². The van der Waals surface area contributed by atoms with Crippen LogP contribution < -0.4 is 10.9 Å². The van der Waals surface area contributed by atoms with Crippen molar-refractivity contribution in [1.82, 2.24) is 9.55 Å². The second-order valence-corrected chi connectivity index (χ2v) is 8.07. The summed E-state index contributed by atoms with van der Waals surface area (Å²) in [5.74, 6) is -0.451. The number of nitriles is 1. The van der Waals surface area contributed by atoms with Crippen molar-refractivity contribution in [2.75, 3.05) is 5.32 Å². The molecule has 4 rings (SSSR count). The Kier molecular flexibility index (Phi) is 5.36. The second kappa shape index (κ2) is 8.11. The minimum Gasteiger partial charge on any atom is -0.323 e. The van der Waals surface area contributed by atoms with Gasteiger partial charge >= 0.3 is 0 Å². The van der Waals surface area contributed by atoms with E-state index in [2.05, 4.69) is 10.3 Å². The first kappa shape index (κ1) is 19.8. The highest BCUT2D eigenvalue weighted by atomic mass is 35.5. The molecule has 6 nitrogen and oxygen atoms in total. The average molecular weight is 435 g/mol. The van der Waals surface area contributed by atoms with Crippen LogP contribution in [0.5, 0.6) is 0 Å². The van der Waals surface area contributed by atoms with Crippen LogP contribution in [-0.2, 0) is 11.3 Å². The van der Waals surface area contributed by atoms with Crippen molar-refractivity contribution in [3.63, 3.8) is 0 Å². The molecule has 0 spiro atoms. The van der Waals surface area contributed by atoms with E-state index in [0.29, 0.717) is 20.9 Å². The summed E-state index contributed by atoms with van der Waals surface area (Å²) >= 11 is 7.41. The maximum absolute atomic E-state index is 13.0. The van der Waals surface area contributed by atoms with E-state index >= 15 is 0 Å². The molecule has 148 valence electrons. The predicted molar refractivity (Wildman–Crippen MR) is 119 cm³/mol. The molecular weight excluding hydrogens is 420 g/mol. The number of halogens is 1. The fraction of sp³-hybridized carbons (Fsp3) is 0.0909. The number of aromatic nitrogens is 2. The van der Waals surface area contributed by atoms with E-state index in [9.17, 15) is 14.9 Å². The molecule has 1 amide bonds. The van der Waals surface area contributed by atoms with Crippen LogP contribution in [0.4, 0.5) is 5.69 Å². The van der Waals surface area contributed by atoms with Crippen LogP contribution in [-0.4, -0.2) is 15.5 Å². The SMILES string of the molecule is Cc1c(-c2ccccc2)sc2ncn(CC(=O)Nc3cc(Cl)ccc3C#N)c(=O)c12. The summed E-state index contributed by atoms with van der Waals surface area (Å²) in [4.78, 5) is 31.5. The topological polar surface area (TPSA) is 87.8 Å². The Hall–Kier alpha value is -3.47. The number of benzene rings is 2. The van der Waals surface area contributed by atoms with E-state index in [1.54, 1.807) is 6.07 Å². The van der Waals surface area contributed by atoms with Crippen molar-refractivity contribution in [3.8, 4) is 16.5 Å². The van der Waals surface area contributed by atoms with Crippen molar-refractivity contribution in [2.45, 2.75) is 13.5 Å². The molecule has 0 atom stereocenters. The first-order valence-electron chi connectivity index (χ1n) is 9.01. The number of hydrogen-bond acceptors (Lipinski definition) is 5. The van der Waals surface area contributed by atoms with Crippen LogP contribution in [0.2, 0.25) is 5.02 Å². The van der Waals surface area contributed by atoms with E-state index in [1.807, 2.05) is 43.3 Å². The lowest BCUT2D eigenvalue weighted by atomic mass is 10.1. The molecule has 4 aromatic rings. The molecule has 0 fully saturated rings. The lowest BCUT2D eigenvalue weighted by molar-refractivity contribution is -0.116. The molecule has 30 heavy (non-hydrogen) atoms. The normalized spacial score (nSPS) is 10.7. The lowest BCUT2D eigenvalue weighted by Crippen LogP contribution is -2.28. The third kappa shape index (κ3) is 3.71. The highest BCUT2D eigenvalue weighted by Gasteiger charge is 2.17. The Labute approximate surface area is 181 Å². The van der Waals surface area contributed by atoms with Gasteiger partial charge in [-0.25, -0.2) is 4.98 Å². The van der Waals surface area contributed by atoms with Gasteiger partial charge in [-0.2, -0.15) is 5.26 Å². The molecule has 2 aromatic heterocycles. The van der Waals surface area contributed by atoms with Gasteiger partial charge in [0.1, 0.15) is 17.4 Å². The van der Waals surface area contributed by atoms with Gasteiger partial charge in [0.2, 0.25) is 5.91 Å². The molecule has 0 saturated carbocycles. The summed E-state index contributed by atoms with van der Waals surface area (Å²) in [5, 5.41) is 12.7. The number of nitrogens with zero attached hydrogens (tertiary/aromatic N) is 3. The summed E-state index contributed by atoms with van der Waals surface area (Å²) < 4.78 is 1.27. The summed E-state index contributed by atoms with van der Waals surface area (Å²) in [6.45, 7) is 1.66. The highest BCUT2D eigenvalue weighted by Crippen LogP contribution is 2.35. The van der Waals surface area contributed by atoms with Crippen molar-refractivity contribution >= 4 is 44.7 Å². The van der Waals surface area contributed by atoms with Crippen LogP contribution in [0.3, 0.4) is 0 Å². The van der Waals surface area contributed by atoms with Gasteiger partial charge in [0, 0.05) is 9.90 Å². The summed E-state index contributed by atoms with van der Waals surface area (Å²) in [5.41, 5.74) is 2.17. The van der Waals surface area contributed by atoms with Gasteiger partial charge in [-0.15, -0.1) is 11.3 Å². The summed E-state index contributed by atoms with van der Waals surface area (Å²) in [6.07, 6.45) is 1.37. The lowest BCUT2D eigenvalue weighted by Gasteiger charge is -2.09. The van der Waals surface area contributed by atoms with E-state index in [-0.39, 0.29) is 17.7 Å². The molecule has 0 saturated heterocycles. The molecule has 8 heteroatoms. The van der Waals surface area contributed by atoms with Gasteiger partial charge in [-0.1, -0.05) is 41.9 Å². The molecule has 0 aliphatic rings. The number of rotatable bonds is 4. The monoisotopic (exact) mass is 434 g/mol. The molecule has 2 heterocycles. The number of fused-ring (bicyclic) bond motifs is 1. The summed E-state index contributed by atoms with van der Waals surface area (Å²) in [6, 6.07) is 16.4. The van der Waals surface area contributed by atoms with Gasteiger partial charge < -0.3 is 5.32 Å². The van der Waals surface area contributed by atoms with Crippen molar-refractivity contribution in [3.05, 3.63) is 81.4 Å². The van der Waals surface area contributed by atoms with Gasteiger partial charge in [-0.3, -0.25) is 14.2 Å². The minimum absolute atomic E-state index is 0.227. The predicted octanol–water partition coefficient (Wildman–Crippen LogP) is 4.60. The van der Waals surface area contributed by atoms with E-state index < -0.39 is 5.91 Å². The zero-order valence-electron chi connectivity index (χ0n) is 15.8. The molecule has 0 unspecified atom stereocenters. The molecule has 1 N–H and O–H groups in total. The van der Waals surface area contributed by atoms with Gasteiger partial charge in [0.15, 0.2) is 0 Å². The average Bonchev–Trinajstić information content (AvgIpc) is 3.08. The number of aryl methyl sites for hydroxylation is 1. The molecule has 0 aliphatic carbocycles.